The molecule has 3 aromatic carbocycles. The monoisotopic (exact) mass is 549 g/mol. The Balaban J connectivity index is 2.04. The zero-order chi connectivity index (χ0) is 28.6. The number of benzene rings is 3. The highest BCUT2D eigenvalue weighted by molar-refractivity contribution is 7.92. The van der Waals surface area contributed by atoms with Gasteiger partial charge in [-0.1, -0.05) is 87.0 Å². The van der Waals surface area contributed by atoms with Crippen molar-refractivity contribution in [2.24, 2.45) is 5.92 Å². The summed E-state index contributed by atoms with van der Waals surface area (Å²) in [6.07, 6.45) is 0.386. The van der Waals surface area contributed by atoms with Gasteiger partial charge < -0.3 is 10.2 Å². The molecule has 8 heteroatoms. The number of hydrogen-bond donors (Lipinski definition) is 1. The largest absolute Gasteiger partial charge is 0.354 e. The lowest BCUT2D eigenvalue weighted by molar-refractivity contribution is -0.140. The standard InChI is InChI=1S/C31H39N3O4S/c1-6-28(31(36)32-20-23(2)3)33(21-26-13-8-7-9-14-26)30(35)22-34(29-15-11-10-12-25(29)5)39(37,38)27-18-16-24(4)17-19-27/h7-19,23,28H,6,20-22H2,1-5H3,(H,32,36)/t28-/m1/s1. The fraction of sp³-hybridized carbons (Fsp3) is 0.355. The predicted molar refractivity (Wildman–Crippen MR) is 156 cm³/mol. The Hall–Kier alpha value is -3.65. The highest BCUT2D eigenvalue weighted by atomic mass is 32.2. The van der Waals surface area contributed by atoms with Gasteiger partial charge in [-0.15, -0.1) is 0 Å². The van der Waals surface area contributed by atoms with E-state index in [9.17, 15) is 18.0 Å². The molecule has 2 amide bonds. The summed E-state index contributed by atoms with van der Waals surface area (Å²) < 4.78 is 29.0. The first kappa shape index (κ1) is 29.9. The average molecular weight is 550 g/mol. The quantitative estimate of drug-likeness (QED) is 0.341. The number of rotatable bonds is 12. The van der Waals surface area contributed by atoms with E-state index in [0.29, 0.717) is 18.7 Å². The Labute approximate surface area is 232 Å². The number of aryl methyl sites for hydroxylation is 2. The third-order valence-electron chi connectivity index (χ3n) is 6.54. The minimum Gasteiger partial charge on any atom is -0.354 e. The van der Waals surface area contributed by atoms with Crippen molar-refractivity contribution in [1.82, 2.24) is 10.2 Å². The molecule has 1 N–H and O–H groups in total. The van der Waals surface area contributed by atoms with E-state index in [1.165, 1.54) is 4.90 Å². The molecule has 0 aliphatic carbocycles. The van der Waals surface area contributed by atoms with Crippen LogP contribution >= 0.6 is 0 Å². The molecular formula is C31H39N3O4S. The maximum atomic E-state index is 14.1. The first-order valence-corrected chi connectivity index (χ1v) is 14.7. The molecule has 7 nitrogen and oxygen atoms in total. The van der Waals surface area contributed by atoms with Gasteiger partial charge in [0.2, 0.25) is 11.8 Å². The number of sulfonamides is 1. The van der Waals surface area contributed by atoms with Crippen LogP contribution in [0.2, 0.25) is 0 Å². The van der Waals surface area contributed by atoms with Gasteiger partial charge >= 0.3 is 0 Å². The van der Waals surface area contributed by atoms with Crippen molar-refractivity contribution in [3.8, 4) is 0 Å². The molecule has 3 aromatic rings. The summed E-state index contributed by atoms with van der Waals surface area (Å²) in [5.74, 6) is -0.454. The molecule has 0 saturated carbocycles. The van der Waals surface area contributed by atoms with E-state index in [4.69, 9.17) is 0 Å². The lowest BCUT2D eigenvalue weighted by atomic mass is 10.1. The first-order valence-electron chi connectivity index (χ1n) is 13.3. The molecule has 3 rings (SSSR count). The zero-order valence-electron chi connectivity index (χ0n) is 23.4. The Morgan fingerprint density at radius 1 is 0.872 bits per heavy atom. The summed E-state index contributed by atoms with van der Waals surface area (Å²) in [6, 6.07) is 22.3. The summed E-state index contributed by atoms with van der Waals surface area (Å²) in [6.45, 7) is 9.78. The van der Waals surface area contributed by atoms with Gasteiger partial charge in [0.1, 0.15) is 12.6 Å². The molecule has 0 saturated heterocycles. The lowest BCUT2D eigenvalue weighted by Crippen LogP contribution is -2.52. The predicted octanol–water partition coefficient (Wildman–Crippen LogP) is 5.08. The van der Waals surface area contributed by atoms with Crippen molar-refractivity contribution < 1.29 is 18.0 Å². The highest BCUT2D eigenvalue weighted by Gasteiger charge is 2.34. The summed E-state index contributed by atoms with van der Waals surface area (Å²) in [7, 11) is -4.08. The second kappa shape index (κ2) is 13.4. The molecule has 0 radical (unpaired) electrons. The van der Waals surface area contributed by atoms with Gasteiger partial charge in [-0.3, -0.25) is 13.9 Å². The van der Waals surface area contributed by atoms with Crippen LogP contribution in [0.5, 0.6) is 0 Å². The zero-order valence-corrected chi connectivity index (χ0v) is 24.2. The number of anilines is 1. The van der Waals surface area contributed by atoms with E-state index in [0.717, 1.165) is 21.0 Å². The highest BCUT2D eigenvalue weighted by Crippen LogP contribution is 2.27. The van der Waals surface area contributed by atoms with Gasteiger partial charge in [-0.2, -0.15) is 0 Å². The molecule has 0 fully saturated rings. The number of nitrogens with zero attached hydrogens (tertiary/aromatic N) is 2. The molecule has 0 heterocycles. The van der Waals surface area contributed by atoms with Crippen LogP contribution in [0.25, 0.3) is 0 Å². The second-order valence-electron chi connectivity index (χ2n) is 10.2. The van der Waals surface area contributed by atoms with Gasteiger partial charge in [0.25, 0.3) is 10.0 Å². The molecule has 39 heavy (non-hydrogen) atoms. The SMILES string of the molecule is CC[C@H](C(=O)NCC(C)C)N(Cc1ccccc1)C(=O)CN(c1ccccc1C)S(=O)(=O)c1ccc(C)cc1. The van der Waals surface area contributed by atoms with E-state index in [2.05, 4.69) is 5.32 Å². The van der Waals surface area contributed by atoms with Crippen molar-refractivity contribution in [2.45, 2.75) is 58.5 Å². The fourth-order valence-electron chi connectivity index (χ4n) is 4.32. The van der Waals surface area contributed by atoms with Crippen LogP contribution in [0.1, 0.15) is 43.9 Å². The number of carbonyl (C=O) groups excluding carboxylic acids is 2. The maximum Gasteiger partial charge on any atom is 0.264 e. The molecule has 1 atom stereocenters. The average Bonchev–Trinajstić information content (AvgIpc) is 2.91. The minimum absolute atomic E-state index is 0.0977. The van der Waals surface area contributed by atoms with Crippen molar-refractivity contribution in [3.05, 3.63) is 95.6 Å². The maximum absolute atomic E-state index is 14.1. The van der Waals surface area contributed by atoms with Gasteiger partial charge in [-0.05, 0) is 55.5 Å². The van der Waals surface area contributed by atoms with E-state index in [1.807, 2.05) is 77.1 Å². The van der Waals surface area contributed by atoms with E-state index < -0.39 is 28.5 Å². The smallest absolute Gasteiger partial charge is 0.264 e. The Bertz CT molecular complexity index is 1360. The van der Waals surface area contributed by atoms with Crippen molar-refractivity contribution in [2.75, 3.05) is 17.4 Å². The second-order valence-corrected chi connectivity index (χ2v) is 12.0. The summed E-state index contributed by atoms with van der Waals surface area (Å²) in [5, 5.41) is 2.95. The Morgan fingerprint density at radius 2 is 1.49 bits per heavy atom. The van der Waals surface area contributed by atoms with Gasteiger partial charge in [0.15, 0.2) is 0 Å². The van der Waals surface area contributed by atoms with E-state index in [1.54, 1.807) is 36.4 Å². The first-order chi connectivity index (χ1) is 18.5. The van der Waals surface area contributed by atoms with Crippen LogP contribution in [0.3, 0.4) is 0 Å². The van der Waals surface area contributed by atoms with Crippen LogP contribution in [-0.4, -0.2) is 44.3 Å². The van der Waals surface area contributed by atoms with Crippen LogP contribution in [0.4, 0.5) is 5.69 Å². The van der Waals surface area contributed by atoms with E-state index in [-0.39, 0.29) is 23.3 Å². The fourth-order valence-corrected chi connectivity index (χ4v) is 5.79. The number of carbonyl (C=O) groups is 2. The summed E-state index contributed by atoms with van der Waals surface area (Å²) in [4.78, 5) is 28.9. The third kappa shape index (κ3) is 7.69. The topological polar surface area (TPSA) is 86.8 Å². The molecule has 0 aliphatic heterocycles. The molecule has 0 unspecified atom stereocenters. The van der Waals surface area contributed by atoms with Crippen molar-refractivity contribution in [1.29, 1.82) is 0 Å². The molecule has 208 valence electrons. The Kier molecular flexibility index (Phi) is 10.3. The summed E-state index contributed by atoms with van der Waals surface area (Å²) in [5.41, 5.74) is 2.92. The van der Waals surface area contributed by atoms with Gasteiger partial charge in [0.05, 0.1) is 10.6 Å². The van der Waals surface area contributed by atoms with Crippen molar-refractivity contribution >= 4 is 27.5 Å². The van der Waals surface area contributed by atoms with Gasteiger partial charge in [-0.25, -0.2) is 8.42 Å². The normalized spacial score (nSPS) is 12.2. The molecule has 0 spiro atoms. The number of amides is 2. The number of hydrogen-bond acceptors (Lipinski definition) is 4. The van der Waals surface area contributed by atoms with Gasteiger partial charge in [0, 0.05) is 13.1 Å². The number of nitrogens with one attached hydrogen (secondary N) is 1. The molecule has 0 aromatic heterocycles. The summed E-state index contributed by atoms with van der Waals surface area (Å²) >= 11 is 0. The van der Waals surface area contributed by atoms with Crippen LogP contribution in [0.15, 0.2) is 83.8 Å². The van der Waals surface area contributed by atoms with E-state index >= 15 is 0 Å². The minimum atomic E-state index is -4.08. The van der Waals surface area contributed by atoms with Crippen LogP contribution in [-0.2, 0) is 26.2 Å². The molecule has 0 bridgehead atoms. The molecule has 0 aliphatic rings. The third-order valence-corrected chi connectivity index (χ3v) is 8.31. The number of para-hydroxylation sites is 1. The van der Waals surface area contributed by atoms with Crippen LogP contribution in [0, 0.1) is 19.8 Å². The van der Waals surface area contributed by atoms with Crippen molar-refractivity contribution in [3.63, 3.8) is 0 Å². The van der Waals surface area contributed by atoms with Crippen LogP contribution < -0.4 is 9.62 Å². The molecular weight excluding hydrogens is 510 g/mol. The lowest BCUT2D eigenvalue weighted by Gasteiger charge is -2.33. The Morgan fingerprint density at radius 3 is 2.08 bits per heavy atom.